The van der Waals surface area contributed by atoms with Crippen molar-refractivity contribution in [1.82, 2.24) is 0 Å². The Balaban J connectivity index is 1.89. The smallest absolute Gasteiger partial charge is 0.125 e. The average molecular weight is 282 g/mol. The summed E-state index contributed by atoms with van der Waals surface area (Å²) in [5.41, 5.74) is 7.20. The molecule has 1 saturated carbocycles. The average Bonchev–Trinajstić information content (AvgIpc) is 2.40. The highest BCUT2D eigenvalue weighted by molar-refractivity contribution is 6.30. The second-order valence-corrected chi connectivity index (χ2v) is 6.17. The molecule has 2 unspecified atom stereocenters. The largest absolute Gasteiger partial charge is 0.487 e. The summed E-state index contributed by atoms with van der Waals surface area (Å²) in [7, 11) is 1.78. The highest BCUT2D eigenvalue weighted by Gasteiger charge is 2.43. The van der Waals surface area contributed by atoms with Gasteiger partial charge in [0.05, 0.1) is 6.10 Å². The second kappa shape index (κ2) is 4.97. The third-order valence-corrected chi connectivity index (χ3v) is 4.62. The molecule has 3 nitrogen and oxygen atoms in total. The standard InChI is InChI=1S/C15H20ClNO2/c1-18-11-3-2-6-15(8-11)9-13(17)12-7-10(16)4-5-14(12)19-15/h4-5,7,11,13H,2-3,6,8-9,17H2,1H3/t11?,13-,15?/m1/s1. The number of fused-ring (bicyclic) bond motifs is 1. The van der Waals surface area contributed by atoms with Gasteiger partial charge < -0.3 is 15.2 Å². The van der Waals surface area contributed by atoms with Crippen molar-refractivity contribution in [2.75, 3.05) is 7.11 Å². The van der Waals surface area contributed by atoms with Crippen molar-refractivity contribution in [3.05, 3.63) is 28.8 Å². The Kier molecular flexibility index (Phi) is 3.46. The molecule has 1 aliphatic heterocycles. The lowest BCUT2D eigenvalue weighted by atomic mass is 9.76. The fraction of sp³-hybridized carbons (Fsp3) is 0.600. The SMILES string of the molecule is COC1CCCC2(C1)C[C@@H](N)c1cc(Cl)ccc1O2. The topological polar surface area (TPSA) is 44.5 Å². The molecule has 19 heavy (non-hydrogen) atoms. The minimum absolute atomic E-state index is 0.00180. The lowest BCUT2D eigenvalue weighted by molar-refractivity contribution is -0.0577. The molecule has 3 atom stereocenters. The van der Waals surface area contributed by atoms with Crippen molar-refractivity contribution in [2.45, 2.75) is 49.9 Å². The minimum atomic E-state index is -0.154. The van der Waals surface area contributed by atoms with Crippen LogP contribution in [-0.2, 0) is 4.74 Å². The first-order chi connectivity index (χ1) is 9.12. The van der Waals surface area contributed by atoms with E-state index in [9.17, 15) is 0 Å². The van der Waals surface area contributed by atoms with E-state index in [1.54, 1.807) is 7.11 Å². The zero-order valence-electron chi connectivity index (χ0n) is 11.2. The van der Waals surface area contributed by atoms with Crippen LogP contribution in [0.15, 0.2) is 18.2 Å². The molecule has 4 heteroatoms. The van der Waals surface area contributed by atoms with E-state index in [2.05, 4.69) is 0 Å². The van der Waals surface area contributed by atoms with E-state index in [-0.39, 0.29) is 17.7 Å². The van der Waals surface area contributed by atoms with Crippen LogP contribution in [0.25, 0.3) is 0 Å². The van der Waals surface area contributed by atoms with Crippen molar-refractivity contribution in [3.8, 4) is 5.75 Å². The zero-order valence-corrected chi connectivity index (χ0v) is 12.0. The molecule has 3 rings (SSSR count). The normalized spacial score (nSPS) is 33.8. The number of hydrogen-bond donors (Lipinski definition) is 1. The van der Waals surface area contributed by atoms with Crippen LogP contribution < -0.4 is 10.5 Å². The Morgan fingerprint density at radius 1 is 1.42 bits per heavy atom. The maximum absolute atomic E-state index is 6.33. The molecule has 1 aromatic rings. The molecule has 1 fully saturated rings. The van der Waals surface area contributed by atoms with Gasteiger partial charge in [0.2, 0.25) is 0 Å². The molecule has 1 heterocycles. The lowest BCUT2D eigenvalue weighted by Crippen LogP contribution is -2.48. The Bertz CT molecular complexity index is 479. The Hall–Kier alpha value is -0.770. The summed E-state index contributed by atoms with van der Waals surface area (Å²) < 4.78 is 11.8. The molecule has 0 aromatic heterocycles. The van der Waals surface area contributed by atoms with Gasteiger partial charge in [0, 0.05) is 36.6 Å². The van der Waals surface area contributed by atoms with Crippen molar-refractivity contribution < 1.29 is 9.47 Å². The van der Waals surface area contributed by atoms with Crippen LogP contribution in [0.4, 0.5) is 0 Å². The summed E-state index contributed by atoms with van der Waals surface area (Å²) in [5, 5.41) is 0.715. The number of nitrogens with two attached hydrogens (primary N) is 1. The van der Waals surface area contributed by atoms with Gasteiger partial charge in [-0.3, -0.25) is 0 Å². The summed E-state index contributed by atoms with van der Waals surface area (Å²) in [4.78, 5) is 0. The summed E-state index contributed by atoms with van der Waals surface area (Å²) in [6.07, 6.45) is 5.37. The van der Waals surface area contributed by atoms with Gasteiger partial charge in [-0.1, -0.05) is 11.6 Å². The van der Waals surface area contributed by atoms with Gasteiger partial charge in [0.25, 0.3) is 0 Å². The van der Waals surface area contributed by atoms with Crippen molar-refractivity contribution >= 4 is 11.6 Å². The number of rotatable bonds is 1. The molecule has 1 aromatic carbocycles. The second-order valence-electron chi connectivity index (χ2n) is 5.73. The van der Waals surface area contributed by atoms with E-state index in [4.69, 9.17) is 26.8 Å². The van der Waals surface area contributed by atoms with E-state index in [1.807, 2.05) is 18.2 Å². The molecular weight excluding hydrogens is 262 g/mol. The molecule has 0 amide bonds. The van der Waals surface area contributed by atoms with Gasteiger partial charge >= 0.3 is 0 Å². The van der Waals surface area contributed by atoms with Gasteiger partial charge in [-0.05, 0) is 37.5 Å². The first kappa shape index (κ1) is 13.2. The van der Waals surface area contributed by atoms with Crippen LogP contribution in [0.1, 0.15) is 43.7 Å². The van der Waals surface area contributed by atoms with Gasteiger partial charge in [0.1, 0.15) is 11.4 Å². The van der Waals surface area contributed by atoms with E-state index in [0.29, 0.717) is 5.02 Å². The molecule has 0 radical (unpaired) electrons. The molecule has 1 spiro atoms. The van der Waals surface area contributed by atoms with Crippen LogP contribution in [-0.4, -0.2) is 18.8 Å². The van der Waals surface area contributed by atoms with Crippen LogP contribution >= 0.6 is 11.6 Å². The maximum Gasteiger partial charge on any atom is 0.125 e. The molecule has 2 aliphatic rings. The molecular formula is C15H20ClNO2. The van der Waals surface area contributed by atoms with Crippen molar-refractivity contribution in [2.24, 2.45) is 5.73 Å². The highest BCUT2D eigenvalue weighted by Crippen LogP contribution is 2.46. The maximum atomic E-state index is 6.33. The van der Waals surface area contributed by atoms with E-state index in [1.165, 1.54) is 0 Å². The monoisotopic (exact) mass is 281 g/mol. The summed E-state index contributed by atoms with van der Waals surface area (Å²) in [5.74, 6) is 0.889. The predicted molar refractivity (Wildman–Crippen MR) is 75.6 cm³/mol. The van der Waals surface area contributed by atoms with Crippen LogP contribution in [0.5, 0.6) is 5.75 Å². The fourth-order valence-corrected chi connectivity index (χ4v) is 3.62. The molecule has 104 valence electrons. The Morgan fingerprint density at radius 3 is 3.05 bits per heavy atom. The Labute approximate surface area is 119 Å². The molecule has 2 N–H and O–H groups in total. The first-order valence-corrected chi connectivity index (χ1v) is 7.26. The summed E-state index contributed by atoms with van der Waals surface area (Å²) >= 11 is 6.03. The van der Waals surface area contributed by atoms with Gasteiger partial charge in [-0.25, -0.2) is 0 Å². The van der Waals surface area contributed by atoms with Gasteiger partial charge in [-0.15, -0.1) is 0 Å². The molecule has 0 saturated heterocycles. The summed E-state index contributed by atoms with van der Waals surface area (Å²) in [6, 6.07) is 5.72. The predicted octanol–water partition coefficient (Wildman–Crippen LogP) is 3.45. The van der Waals surface area contributed by atoms with Crippen LogP contribution in [0.3, 0.4) is 0 Å². The molecule has 1 aliphatic carbocycles. The van der Waals surface area contributed by atoms with Gasteiger partial charge in [0.15, 0.2) is 0 Å². The zero-order chi connectivity index (χ0) is 13.5. The van der Waals surface area contributed by atoms with E-state index >= 15 is 0 Å². The highest BCUT2D eigenvalue weighted by atomic mass is 35.5. The number of benzene rings is 1. The number of halogens is 1. The quantitative estimate of drug-likeness (QED) is 0.857. The Morgan fingerprint density at radius 2 is 2.26 bits per heavy atom. The van der Waals surface area contributed by atoms with Gasteiger partial charge in [-0.2, -0.15) is 0 Å². The van der Waals surface area contributed by atoms with E-state index in [0.717, 1.165) is 43.4 Å². The number of ether oxygens (including phenoxy) is 2. The summed E-state index contributed by atoms with van der Waals surface area (Å²) in [6.45, 7) is 0. The molecule has 0 bridgehead atoms. The van der Waals surface area contributed by atoms with E-state index < -0.39 is 0 Å². The number of hydrogen-bond acceptors (Lipinski definition) is 3. The third-order valence-electron chi connectivity index (χ3n) is 4.38. The minimum Gasteiger partial charge on any atom is -0.487 e. The van der Waals surface area contributed by atoms with Crippen LogP contribution in [0, 0.1) is 0 Å². The lowest BCUT2D eigenvalue weighted by Gasteiger charge is -2.45. The van der Waals surface area contributed by atoms with Crippen molar-refractivity contribution in [3.63, 3.8) is 0 Å². The van der Waals surface area contributed by atoms with Crippen LogP contribution in [0.2, 0.25) is 5.02 Å². The third kappa shape index (κ3) is 2.47. The fourth-order valence-electron chi connectivity index (χ4n) is 3.44. The number of methoxy groups -OCH3 is 1. The van der Waals surface area contributed by atoms with Crippen molar-refractivity contribution in [1.29, 1.82) is 0 Å². The first-order valence-electron chi connectivity index (χ1n) is 6.89.